The minimum atomic E-state index is -0.841. The monoisotopic (exact) mass is 428 g/mol. The summed E-state index contributed by atoms with van der Waals surface area (Å²) in [6, 6.07) is -0.120. The number of halogens is 2. The van der Waals surface area contributed by atoms with Gasteiger partial charge in [-0.15, -0.1) is 11.6 Å². The van der Waals surface area contributed by atoms with Crippen LogP contribution in [-0.2, 0) is 4.79 Å². The van der Waals surface area contributed by atoms with E-state index in [9.17, 15) is 9.18 Å². The van der Waals surface area contributed by atoms with Crippen LogP contribution in [0.4, 0.5) is 4.39 Å². The normalized spacial score (nSPS) is 31.6. The lowest BCUT2D eigenvalue weighted by Gasteiger charge is -2.40. The Morgan fingerprint density at radius 1 is 1.17 bits per heavy atom. The summed E-state index contributed by atoms with van der Waals surface area (Å²) >= 11 is 6.18. The lowest BCUT2D eigenvalue weighted by atomic mass is 9.75. The summed E-state index contributed by atoms with van der Waals surface area (Å²) in [7, 11) is 0. The van der Waals surface area contributed by atoms with E-state index in [2.05, 4.69) is 43.5 Å². The average molecular weight is 429 g/mol. The van der Waals surface area contributed by atoms with Crippen molar-refractivity contribution in [3.05, 3.63) is 24.3 Å². The Labute approximate surface area is 180 Å². The van der Waals surface area contributed by atoms with Crippen molar-refractivity contribution in [2.24, 2.45) is 23.7 Å². The molecule has 0 radical (unpaired) electrons. The molecule has 0 aromatic heterocycles. The molecule has 4 unspecified atom stereocenters. The minimum absolute atomic E-state index is 0. The Morgan fingerprint density at radius 3 is 2.48 bits per heavy atom. The molecule has 6 heteroatoms. The number of amides is 1. The number of likely N-dealkylation sites (tertiary alicyclic amines) is 1. The second kappa shape index (κ2) is 11.5. The number of alkyl halides is 2. The molecule has 3 rings (SSSR count). The van der Waals surface area contributed by atoms with E-state index >= 15 is 0 Å². The van der Waals surface area contributed by atoms with Gasteiger partial charge in [0.2, 0.25) is 5.91 Å². The predicted octanol–water partition coefficient (Wildman–Crippen LogP) is 3.89. The Kier molecular flexibility index (Phi) is 9.64. The van der Waals surface area contributed by atoms with Crippen LogP contribution in [-0.4, -0.2) is 53.5 Å². The topological polar surface area (TPSA) is 63.8 Å². The van der Waals surface area contributed by atoms with Gasteiger partial charge in [0, 0.05) is 19.6 Å². The smallest absolute Gasteiger partial charge is 0.239 e. The zero-order chi connectivity index (χ0) is 20.1. The van der Waals surface area contributed by atoms with Crippen LogP contribution in [0.1, 0.15) is 52.4 Å². The zero-order valence-electron chi connectivity index (χ0n) is 17.8. The van der Waals surface area contributed by atoms with Crippen molar-refractivity contribution in [1.82, 2.24) is 10.2 Å². The summed E-state index contributed by atoms with van der Waals surface area (Å²) in [5.41, 5.74) is 0. The lowest BCUT2D eigenvalue weighted by molar-refractivity contribution is -0.136. The van der Waals surface area contributed by atoms with Gasteiger partial charge in [0.15, 0.2) is 0 Å². The van der Waals surface area contributed by atoms with E-state index in [0.29, 0.717) is 24.2 Å². The first-order valence-electron chi connectivity index (χ1n) is 11.1. The van der Waals surface area contributed by atoms with Gasteiger partial charge in [0.25, 0.3) is 0 Å². The highest BCUT2D eigenvalue weighted by Crippen LogP contribution is 2.38. The minimum Gasteiger partial charge on any atom is -0.412 e. The highest BCUT2D eigenvalue weighted by atomic mass is 35.5. The number of hydrogen-bond donors (Lipinski definition) is 1. The quantitative estimate of drug-likeness (QED) is 0.652. The molecule has 0 spiro atoms. The van der Waals surface area contributed by atoms with Gasteiger partial charge in [-0.3, -0.25) is 4.79 Å². The van der Waals surface area contributed by atoms with Gasteiger partial charge in [-0.25, -0.2) is 4.39 Å². The SMILES string of the molecule is CC(C)[C@@H](NCC1C=CC=CC1)C(=O)N1CCC(C2CCC(F)C(Cl)C2)CC1.O. The van der Waals surface area contributed by atoms with E-state index in [1.807, 2.05) is 4.90 Å². The van der Waals surface area contributed by atoms with E-state index in [-0.39, 0.29) is 28.7 Å². The Balaban J connectivity index is 0.00000300. The van der Waals surface area contributed by atoms with Gasteiger partial charge in [0.05, 0.1) is 11.4 Å². The highest BCUT2D eigenvalue weighted by molar-refractivity contribution is 6.21. The Morgan fingerprint density at radius 2 is 1.90 bits per heavy atom. The van der Waals surface area contributed by atoms with Crippen molar-refractivity contribution in [3.63, 3.8) is 0 Å². The maximum atomic E-state index is 13.7. The second-order valence-electron chi connectivity index (χ2n) is 9.21. The summed E-state index contributed by atoms with van der Waals surface area (Å²) in [4.78, 5) is 15.2. The molecule has 3 aliphatic rings. The van der Waals surface area contributed by atoms with Crippen LogP contribution in [0.2, 0.25) is 0 Å². The van der Waals surface area contributed by atoms with E-state index < -0.39 is 6.17 Å². The van der Waals surface area contributed by atoms with E-state index in [1.165, 1.54) is 0 Å². The van der Waals surface area contributed by atoms with E-state index in [4.69, 9.17) is 11.6 Å². The number of allylic oxidation sites excluding steroid dienone is 3. The molecule has 1 amide bonds. The zero-order valence-corrected chi connectivity index (χ0v) is 18.6. The number of rotatable bonds is 6. The molecule has 1 saturated heterocycles. The van der Waals surface area contributed by atoms with Crippen LogP contribution in [0.3, 0.4) is 0 Å². The van der Waals surface area contributed by atoms with Crippen molar-refractivity contribution in [2.75, 3.05) is 19.6 Å². The Bertz CT molecular complexity index is 575. The molecular weight excluding hydrogens is 391 g/mol. The molecule has 0 bridgehead atoms. The number of hydrogen-bond acceptors (Lipinski definition) is 2. The van der Waals surface area contributed by atoms with Crippen molar-refractivity contribution in [2.45, 2.75) is 70.0 Å². The number of carbonyl (C=O) groups excluding carboxylic acids is 1. The van der Waals surface area contributed by atoms with Gasteiger partial charge in [-0.2, -0.15) is 0 Å². The molecule has 1 saturated carbocycles. The largest absolute Gasteiger partial charge is 0.412 e. The molecular formula is C23H38ClFN2O2. The fourth-order valence-electron chi connectivity index (χ4n) is 4.99. The van der Waals surface area contributed by atoms with Gasteiger partial charge in [0.1, 0.15) is 6.17 Å². The molecule has 4 nitrogen and oxygen atoms in total. The van der Waals surface area contributed by atoms with Crippen LogP contribution in [0.15, 0.2) is 24.3 Å². The molecule has 2 fully saturated rings. The molecule has 0 aromatic rings. The number of piperidine rings is 1. The van der Waals surface area contributed by atoms with Crippen LogP contribution in [0.5, 0.6) is 0 Å². The molecule has 2 aliphatic carbocycles. The van der Waals surface area contributed by atoms with Crippen LogP contribution < -0.4 is 5.32 Å². The molecule has 5 atom stereocenters. The van der Waals surface area contributed by atoms with E-state index in [1.54, 1.807) is 0 Å². The van der Waals surface area contributed by atoms with Gasteiger partial charge in [-0.1, -0.05) is 38.2 Å². The number of nitrogens with one attached hydrogen (secondary N) is 1. The van der Waals surface area contributed by atoms with Gasteiger partial charge in [-0.05, 0) is 62.2 Å². The third-order valence-electron chi connectivity index (χ3n) is 6.85. The van der Waals surface area contributed by atoms with Crippen molar-refractivity contribution in [3.8, 4) is 0 Å². The van der Waals surface area contributed by atoms with Gasteiger partial charge >= 0.3 is 0 Å². The standard InChI is InChI=1S/C23H36ClFN2O.H2O/c1-16(2)22(26-15-17-6-4-3-5-7-17)23(28)27-12-10-18(11-13-27)19-8-9-21(25)20(24)14-19;/h3-6,16-22,26H,7-15H2,1-2H3;1H2/t17?,19?,20?,21?,22-;/m1./s1. The first-order valence-corrected chi connectivity index (χ1v) is 11.5. The fourth-order valence-corrected chi connectivity index (χ4v) is 5.35. The third-order valence-corrected chi connectivity index (χ3v) is 7.31. The summed E-state index contributed by atoms with van der Waals surface area (Å²) < 4.78 is 13.7. The summed E-state index contributed by atoms with van der Waals surface area (Å²) in [5, 5.41) is 3.21. The molecule has 1 heterocycles. The lowest BCUT2D eigenvalue weighted by Crippen LogP contribution is -2.52. The summed E-state index contributed by atoms with van der Waals surface area (Å²) in [6.45, 7) is 6.73. The van der Waals surface area contributed by atoms with Crippen LogP contribution >= 0.6 is 11.6 Å². The van der Waals surface area contributed by atoms with E-state index in [0.717, 1.165) is 51.7 Å². The maximum Gasteiger partial charge on any atom is 0.239 e. The molecule has 3 N–H and O–H groups in total. The van der Waals surface area contributed by atoms with Crippen molar-refractivity contribution in [1.29, 1.82) is 0 Å². The number of nitrogens with zero attached hydrogens (tertiary/aromatic N) is 1. The molecule has 1 aliphatic heterocycles. The maximum absolute atomic E-state index is 13.7. The van der Waals surface area contributed by atoms with Gasteiger partial charge < -0.3 is 15.7 Å². The second-order valence-corrected chi connectivity index (χ2v) is 9.77. The highest BCUT2D eigenvalue weighted by Gasteiger charge is 2.36. The average Bonchev–Trinajstić information content (AvgIpc) is 2.71. The fraction of sp³-hybridized carbons (Fsp3) is 0.783. The first-order chi connectivity index (χ1) is 13.5. The summed E-state index contributed by atoms with van der Waals surface area (Å²) in [6.07, 6.45) is 13.2. The molecule has 166 valence electrons. The van der Waals surface area contributed by atoms with Crippen molar-refractivity contribution >= 4 is 17.5 Å². The Hall–Kier alpha value is -0.910. The molecule has 0 aromatic carbocycles. The third kappa shape index (κ3) is 6.53. The van der Waals surface area contributed by atoms with Crippen LogP contribution in [0, 0.1) is 23.7 Å². The predicted molar refractivity (Wildman–Crippen MR) is 118 cm³/mol. The number of carbonyl (C=O) groups is 1. The first kappa shape index (κ1) is 24.4. The van der Waals surface area contributed by atoms with Crippen molar-refractivity contribution < 1.29 is 14.7 Å². The summed E-state index contributed by atoms with van der Waals surface area (Å²) in [5.74, 6) is 2.09. The van der Waals surface area contributed by atoms with Crippen LogP contribution in [0.25, 0.3) is 0 Å². The molecule has 29 heavy (non-hydrogen) atoms.